The van der Waals surface area contributed by atoms with Crippen LogP contribution in [-0.2, 0) is 13.6 Å². The van der Waals surface area contributed by atoms with E-state index in [-0.39, 0.29) is 6.29 Å². The third-order valence-electron chi connectivity index (χ3n) is 1.97. The quantitative estimate of drug-likeness (QED) is 0.615. The van der Waals surface area contributed by atoms with E-state index in [1.165, 1.54) is 14.2 Å². The maximum atomic E-state index is 11.9. The van der Waals surface area contributed by atoms with Crippen LogP contribution in [0.4, 0.5) is 0 Å². The molecule has 7 heteroatoms. The second-order valence-corrected chi connectivity index (χ2v) is 6.09. The molecule has 6 nitrogen and oxygen atoms in total. The van der Waals surface area contributed by atoms with Gasteiger partial charge in [0.05, 0.1) is 12.2 Å². The number of nitrogens with zero attached hydrogens (tertiary/aromatic N) is 1. The Morgan fingerprint density at radius 2 is 1.50 bits per heavy atom. The van der Waals surface area contributed by atoms with Gasteiger partial charge in [0.1, 0.15) is 6.29 Å². The normalized spacial score (nSPS) is 16.4. The summed E-state index contributed by atoms with van der Waals surface area (Å²) in [5, 5.41) is 18.6. The number of hydrogen-bond acceptors (Lipinski definition) is 6. The highest BCUT2D eigenvalue weighted by atomic mass is 31.2. The Labute approximate surface area is 96.7 Å². The Morgan fingerprint density at radius 3 is 1.75 bits per heavy atom. The summed E-state index contributed by atoms with van der Waals surface area (Å²) >= 11 is 0. The van der Waals surface area contributed by atoms with Crippen LogP contribution in [-0.4, -0.2) is 60.9 Å². The molecule has 0 amide bonds. The van der Waals surface area contributed by atoms with Crippen molar-refractivity contribution in [1.82, 2.24) is 4.90 Å². The van der Waals surface area contributed by atoms with E-state index in [1.807, 2.05) is 0 Å². The van der Waals surface area contributed by atoms with E-state index in [0.717, 1.165) is 0 Å². The summed E-state index contributed by atoms with van der Waals surface area (Å²) in [5.74, 6) is 0. The molecule has 0 saturated heterocycles. The topological polar surface area (TPSA) is 79.2 Å². The predicted octanol–water partition coefficient (Wildman–Crippen LogP) is 0.493. The van der Waals surface area contributed by atoms with Gasteiger partial charge in [-0.05, 0) is 13.8 Å². The first-order valence-corrected chi connectivity index (χ1v) is 6.84. The summed E-state index contributed by atoms with van der Waals surface area (Å²) in [5.41, 5.74) is 0. The minimum Gasteiger partial charge on any atom is -0.392 e. The molecule has 0 aliphatic heterocycles. The lowest BCUT2D eigenvalue weighted by atomic mass is 10.3. The van der Waals surface area contributed by atoms with Gasteiger partial charge in [0.2, 0.25) is 0 Å². The van der Waals surface area contributed by atoms with Crippen molar-refractivity contribution < 1.29 is 23.8 Å². The zero-order valence-corrected chi connectivity index (χ0v) is 11.2. The number of aliphatic hydroxyl groups is 2. The second-order valence-electron chi connectivity index (χ2n) is 3.85. The molecule has 0 saturated carbocycles. The van der Waals surface area contributed by atoms with Gasteiger partial charge in [0.15, 0.2) is 0 Å². The van der Waals surface area contributed by atoms with Crippen LogP contribution >= 0.6 is 7.60 Å². The van der Waals surface area contributed by atoms with Crippen LogP contribution in [0.3, 0.4) is 0 Å². The predicted molar refractivity (Wildman–Crippen MR) is 61.4 cm³/mol. The lowest BCUT2D eigenvalue weighted by molar-refractivity contribution is 0.0892. The van der Waals surface area contributed by atoms with Crippen LogP contribution in [0.5, 0.6) is 0 Å². The molecule has 0 rings (SSSR count). The highest BCUT2D eigenvalue weighted by molar-refractivity contribution is 7.53. The molecule has 98 valence electrons. The summed E-state index contributed by atoms with van der Waals surface area (Å²) < 4.78 is 21.5. The van der Waals surface area contributed by atoms with E-state index in [2.05, 4.69) is 0 Å². The fourth-order valence-corrected chi connectivity index (χ4v) is 2.47. The summed E-state index contributed by atoms with van der Waals surface area (Å²) in [6, 6.07) is 0. The highest BCUT2D eigenvalue weighted by Crippen LogP contribution is 2.46. The second kappa shape index (κ2) is 7.37. The van der Waals surface area contributed by atoms with Gasteiger partial charge in [0, 0.05) is 27.3 Å². The average Bonchev–Trinajstić information content (AvgIpc) is 2.15. The molecule has 16 heavy (non-hydrogen) atoms. The third-order valence-corrected chi connectivity index (χ3v) is 3.83. The van der Waals surface area contributed by atoms with Crippen LogP contribution in [0.2, 0.25) is 0 Å². The van der Waals surface area contributed by atoms with Gasteiger partial charge in [-0.1, -0.05) is 0 Å². The van der Waals surface area contributed by atoms with Crippen molar-refractivity contribution in [3.05, 3.63) is 0 Å². The van der Waals surface area contributed by atoms with E-state index < -0.39 is 19.8 Å². The minimum atomic E-state index is -3.15. The zero-order chi connectivity index (χ0) is 12.8. The molecule has 0 unspecified atom stereocenters. The molecule has 0 aromatic carbocycles. The highest BCUT2D eigenvalue weighted by Gasteiger charge is 2.26. The number of aliphatic hydroxyl groups excluding tert-OH is 2. The van der Waals surface area contributed by atoms with Crippen molar-refractivity contribution in [3.8, 4) is 0 Å². The number of hydrogen-bond donors (Lipinski definition) is 2. The fraction of sp³-hybridized carbons (Fsp3) is 1.00. The molecule has 0 aliphatic carbocycles. The van der Waals surface area contributed by atoms with E-state index in [9.17, 15) is 14.8 Å². The van der Waals surface area contributed by atoms with Crippen LogP contribution in [0.15, 0.2) is 0 Å². The molecule has 0 heterocycles. The Balaban J connectivity index is 4.45. The minimum absolute atomic E-state index is 0.0514. The maximum absolute atomic E-state index is 11.9. The molecular formula is C9H22NO5P. The standard InChI is InChI=1S/C9H22NO5P/c1-8(11)5-10(6-9(2)12)7-16(13,14-3)15-4/h8-9,11-12H,5-7H2,1-4H3/t8-,9+. The van der Waals surface area contributed by atoms with Gasteiger partial charge in [-0.3, -0.25) is 9.46 Å². The molecule has 0 radical (unpaired) electrons. The first-order chi connectivity index (χ1) is 7.33. The Hall–Kier alpha value is 0.0300. The summed E-state index contributed by atoms with van der Waals surface area (Å²) in [4.78, 5) is 1.66. The first kappa shape index (κ1) is 16.0. The summed E-state index contributed by atoms with van der Waals surface area (Å²) in [6.45, 7) is 3.86. The largest absolute Gasteiger partial charge is 0.392 e. The fourth-order valence-electron chi connectivity index (χ4n) is 1.37. The van der Waals surface area contributed by atoms with Crippen molar-refractivity contribution in [3.63, 3.8) is 0 Å². The SMILES string of the molecule is COP(=O)(CN(C[C@H](C)O)C[C@@H](C)O)OC. The molecule has 0 aromatic heterocycles. The molecular weight excluding hydrogens is 233 g/mol. The molecule has 0 aromatic rings. The molecule has 0 spiro atoms. The lowest BCUT2D eigenvalue weighted by Gasteiger charge is -2.27. The van der Waals surface area contributed by atoms with Gasteiger partial charge in [0.25, 0.3) is 0 Å². The van der Waals surface area contributed by atoms with Crippen molar-refractivity contribution in [2.45, 2.75) is 26.1 Å². The van der Waals surface area contributed by atoms with Crippen molar-refractivity contribution in [1.29, 1.82) is 0 Å². The van der Waals surface area contributed by atoms with Gasteiger partial charge in [-0.2, -0.15) is 0 Å². The van der Waals surface area contributed by atoms with Crippen molar-refractivity contribution >= 4 is 7.60 Å². The summed E-state index contributed by atoms with van der Waals surface area (Å²) in [7, 11) is -0.521. The lowest BCUT2D eigenvalue weighted by Crippen LogP contribution is -2.37. The third kappa shape index (κ3) is 6.58. The Kier molecular flexibility index (Phi) is 7.39. The maximum Gasteiger partial charge on any atom is 0.344 e. The van der Waals surface area contributed by atoms with Crippen LogP contribution in [0.25, 0.3) is 0 Å². The van der Waals surface area contributed by atoms with Gasteiger partial charge < -0.3 is 19.3 Å². The average molecular weight is 255 g/mol. The molecule has 0 aliphatic rings. The van der Waals surface area contributed by atoms with Gasteiger partial charge in [-0.15, -0.1) is 0 Å². The van der Waals surface area contributed by atoms with Gasteiger partial charge in [-0.25, -0.2) is 0 Å². The molecule has 0 fully saturated rings. The van der Waals surface area contributed by atoms with Gasteiger partial charge >= 0.3 is 7.60 Å². The summed E-state index contributed by atoms with van der Waals surface area (Å²) in [6.07, 6.45) is -1.09. The molecule has 2 N–H and O–H groups in total. The van der Waals surface area contributed by atoms with Crippen LogP contribution < -0.4 is 0 Å². The van der Waals surface area contributed by atoms with Crippen LogP contribution in [0, 0.1) is 0 Å². The molecule has 2 atom stereocenters. The zero-order valence-electron chi connectivity index (χ0n) is 10.3. The Bertz CT molecular complexity index is 216. The van der Waals surface area contributed by atoms with Crippen LogP contribution in [0.1, 0.15) is 13.8 Å². The molecule has 0 bridgehead atoms. The smallest absolute Gasteiger partial charge is 0.344 e. The van der Waals surface area contributed by atoms with E-state index >= 15 is 0 Å². The van der Waals surface area contributed by atoms with Crippen molar-refractivity contribution in [2.75, 3.05) is 33.6 Å². The Morgan fingerprint density at radius 1 is 1.12 bits per heavy atom. The van der Waals surface area contributed by atoms with E-state index in [1.54, 1.807) is 18.7 Å². The van der Waals surface area contributed by atoms with Crippen molar-refractivity contribution in [2.24, 2.45) is 0 Å². The van der Waals surface area contributed by atoms with E-state index in [0.29, 0.717) is 13.1 Å². The first-order valence-electron chi connectivity index (χ1n) is 5.12. The number of rotatable bonds is 8. The monoisotopic (exact) mass is 255 g/mol. The van der Waals surface area contributed by atoms with E-state index in [4.69, 9.17) is 9.05 Å².